The Labute approximate surface area is 194 Å². The number of phenolic OH excluding ortho intramolecular Hbond substituents is 1. The van der Waals surface area contributed by atoms with Gasteiger partial charge in [0.1, 0.15) is 11.6 Å². The summed E-state index contributed by atoms with van der Waals surface area (Å²) in [5, 5.41) is 12.6. The molecular weight excluding hydrogens is 414 g/mol. The summed E-state index contributed by atoms with van der Waals surface area (Å²) < 4.78 is 0. The van der Waals surface area contributed by atoms with E-state index >= 15 is 0 Å². The van der Waals surface area contributed by atoms with Gasteiger partial charge in [0, 0.05) is 43.9 Å². The third-order valence-electron chi connectivity index (χ3n) is 6.16. The number of nitrogens with one attached hydrogen (secondary N) is 1. The van der Waals surface area contributed by atoms with Crippen LogP contribution < -0.4 is 11.1 Å². The van der Waals surface area contributed by atoms with Gasteiger partial charge in [-0.25, -0.2) is 9.97 Å². The molecule has 0 saturated carbocycles. The summed E-state index contributed by atoms with van der Waals surface area (Å²) in [6.45, 7) is 4.26. The number of primary amides is 1. The normalized spacial score (nSPS) is 18.8. The molecule has 0 bridgehead atoms. The molecule has 0 radical (unpaired) electrons. The summed E-state index contributed by atoms with van der Waals surface area (Å²) >= 11 is 0. The van der Waals surface area contributed by atoms with Gasteiger partial charge in [0.2, 0.25) is 5.91 Å². The number of carbonyl (C=O) groups is 1. The zero-order valence-electron chi connectivity index (χ0n) is 18.9. The summed E-state index contributed by atoms with van der Waals surface area (Å²) in [4.78, 5) is 23.1. The number of hydrogen-bond donors (Lipinski definition) is 3. The number of aromatic nitrogens is 2. The Morgan fingerprint density at radius 3 is 2.76 bits per heavy atom. The van der Waals surface area contributed by atoms with Gasteiger partial charge in [-0.15, -0.1) is 0 Å². The van der Waals surface area contributed by atoms with Crippen LogP contribution in [0.5, 0.6) is 5.75 Å². The fourth-order valence-corrected chi connectivity index (χ4v) is 4.19. The first kappa shape index (κ1) is 22.9. The molecule has 172 valence electrons. The molecule has 1 fully saturated rings. The Morgan fingerprint density at radius 1 is 1.15 bits per heavy atom. The molecule has 0 spiro atoms. The molecule has 4 N–H and O–H groups in total. The maximum atomic E-state index is 11.6. The van der Waals surface area contributed by atoms with E-state index in [-0.39, 0.29) is 17.7 Å². The number of aromatic hydroxyl groups is 1. The fraction of sp³-hybridized carbons (Fsp3) is 0.346. The Hall–Kier alpha value is -3.29. The zero-order valence-corrected chi connectivity index (χ0v) is 18.9. The van der Waals surface area contributed by atoms with E-state index in [1.807, 2.05) is 24.4 Å². The lowest BCUT2D eigenvalue weighted by molar-refractivity contribution is -0.121. The lowest BCUT2D eigenvalue weighted by atomic mass is 10.0. The molecule has 3 aromatic rings. The number of amides is 1. The molecule has 33 heavy (non-hydrogen) atoms. The summed E-state index contributed by atoms with van der Waals surface area (Å²) in [7, 11) is 0. The number of phenols is 1. The highest BCUT2D eigenvalue weighted by atomic mass is 16.3. The van der Waals surface area contributed by atoms with Gasteiger partial charge >= 0.3 is 0 Å². The Kier molecular flexibility index (Phi) is 7.32. The highest BCUT2D eigenvalue weighted by Crippen LogP contribution is 2.21. The van der Waals surface area contributed by atoms with Crippen LogP contribution in [0.25, 0.3) is 11.3 Å². The molecule has 0 aliphatic carbocycles. The second kappa shape index (κ2) is 10.6. The van der Waals surface area contributed by atoms with E-state index in [4.69, 9.17) is 10.7 Å². The average Bonchev–Trinajstić information content (AvgIpc) is 2.82. The van der Waals surface area contributed by atoms with Crippen LogP contribution in [0.4, 0.5) is 0 Å². The highest BCUT2D eigenvalue weighted by molar-refractivity contribution is 5.80. The summed E-state index contributed by atoms with van der Waals surface area (Å²) in [5.74, 6) is 0.812. The molecule has 4 rings (SSSR count). The molecule has 2 aromatic carbocycles. The first-order valence-corrected chi connectivity index (χ1v) is 11.4. The van der Waals surface area contributed by atoms with Crippen molar-refractivity contribution in [1.29, 1.82) is 0 Å². The minimum atomic E-state index is -0.310. The summed E-state index contributed by atoms with van der Waals surface area (Å²) in [6.07, 6.45) is 4.47. The van der Waals surface area contributed by atoms with Crippen LogP contribution in [0.2, 0.25) is 0 Å². The van der Waals surface area contributed by atoms with Crippen molar-refractivity contribution in [3.05, 3.63) is 77.7 Å². The smallest absolute Gasteiger partial charge is 0.235 e. The Balaban J connectivity index is 1.40. The average molecular weight is 446 g/mol. The van der Waals surface area contributed by atoms with Gasteiger partial charge in [0.05, 0.1) is 11.7 Å². The number of aryl methyl sites for hydroxylation is 2. The van der Waals surface area contributed by atoms with Gasteiger partial charge in [0.15, 0.2) is 0 Å². The predicted molar refractivity (Wildman–Crippen MR) is 128 cm³/mol. The van der Waals surface area contributed by atoms with E-state index in [1.54, 1.807) is 12.1 Å². The highest BCUT2D eigenvalue weighted by Gasteiger charge is 2.28. The van der Waals surface area contributed by atoms with Gasteiger partial charge in [-0.05, 0) is 55.2 Å². The van der Waals surface area contributed by atoms with E-state index in [0.29, 0.717) is 12.6 Å². The maximum Gasteiger partial charge on any atom is 0.235 e. The minimum absolute atomic E-state index is 0.288. The van der Waals surface area contributed by atoms with Crippen LogP contribution in [0, 0.1) is 0 Å². The van der Waals surface area contributed by atoms with Crippen molar-refractivity contribution in [2.45, 2.75) is 44.8 Å². The third-order valence-corrected chi connectivity index (χ3v) is 6.16. The van der Waals surface area contributed by atoms with Crippen molar-refractivity contribution in [2.75, 3.05) is 13.1 Å². The number of piperazine rings is 1. The molecule has 0 unspecified atom stereocenters. The lowest BCUT2D eigenvalue weighted by Gasteiger charge is -2.37. The van der Waals surface area contributed by atoms with Gasteiger partial charge in [-0.2, -0.15) is 0 Å². The van der Waals surface area contributed by atoms with Crippen molar-refractivity contribution < 1.29 is 9.90 Å². The summed E-state index contributed by atoms with van der Waals surface area (Å²) in [5.41, 5.74) is 9.84. The molecule has 7 heteroatoms. The van der Waals surface area contributed by atoms with Gasteiger partial charge < -0.3 is 16.2 Å². The van der Waals surface area contributed by atoms with Crippen LogP contribution in [0.3, 0.4) is 0 Å². The predicted octanol–water partition coefficient (Wildman–Crippen LogP) is 2.67. The Bertz CT molecular complexity index is 1090. The molecule has 1 aliphatic heterocycles. The van der Waals surface area contributed by atoms with Crippen molar-refractivity contribution in [3.8, 4) is 17.0 Å². The number of nitrogens with two attached hydrogens (primary N) is 1. The quantitative estimate of drug-likeness (QED) is 0.492. The van der Waals surface area contributed by atoms with E-state index in [9.17, 15) is 9.90 Å². The standard InChI is InChI=1S/C26H31N5O2/c1-18-15-29-24(26(27)33)17-31(18)16-20-5-2-6-21(14-20)23-12-13-28-25(30-23)7-3-4-19-8-10-22(32)11-9-19/h2,5-6,8-14,18,24,29,32H,3-4,7,15-17H2,1H3,(H2,27,33)/t18-,24+/m0/s1. The third kappa shape index (κ3) is 6.15. The maximum absolute atomic E-state index is 11.6. The minimum Gasteiger partial charge on any atom is -0.508 e. The van der Waals surface area contributed by atoms with Crippen molar-refractivity contribution in [2.24, 2.45) is 5.73 Å². The monoisotopic (exact) mass is 445 g/mol. The Morgan fingerprint density at radius 2 is 1.97 bits per heavy atom. The van der Waals surface area contributed by atoms with E-state index in [2.05, 4.69) is 46.4 Å². The number of nitrogens with zero attached hydrogens (tertiary/aromatic N) is 3. The van der Waals surface area contributed by atoms with Crippen LogP contribution in [-0.4, -0.2) is 51.1 Å². The molecule has 7 nitrogen and oxygen atoms in total. The van der Waals surface area contributed by atoms with Gasteiger partial charge in [0.25, 0.3) is 0 Å². The van der Waals surface area contributed by atoms with Crippen molar-refractivity contribution >= 4 is 5.91 Å². The van der Waals surface area contributed by atoms with Gasteiger partial charge in [-0.3, -0.25) is 9.69 Å². The van der Waals surface area contributed by atoms with Crippen LogP contribution >= 0.6 is 0 Å². The second-order valence-electron chi connectivity index (χ2n) is 8.72. The first-order valence-electron chi connectivity index (χ1n) is 11.4. The van der Waals surface area contributed by atoms with Crippen LogP contribution in [0.1, 0.15) is 30.3 Å². The largest absolute Gasteiger partial charge is 0.508 e. The molecule has 1 amide bonds. The number of benzene rings is 2. The van der Waals surface area contributed by atoms with Gasteiger partial charge in [-0.1, -0.05) is 30.3 Å². The lowest BCUT2D eigenvalue weighted by Crippen LogP contribution is -2.59. The molecule has 1 saturated heterocycles. The zero-order chi connectivity index (χ0) is 23.2. The van der Waals surface area contributed by atoms with Crippen molar-refractivity contribution in [1.82, 2.24) is 20.2 Å². The number of carbonyl (C=O) groups excluding carboxylic acids is 1. The topological polar surface area (TPSA) is 104 Å². The SMILES string of the molecule is C[C@H]1CN[C@@H](C(N)=O)CN1Cc1cccc(-c2ccnc(CCCc3ccc(O)cc3)n2)c1. The van der Waals surface area contributed by atoms with E-state index in [1.165, 1.54) is 11.1 Å². The fourth-order valence-electron chi connectivity index (χ4n) is 4.19. The number of hydrogen-bond acceptors (Lipinski definition) is 6. The second-order valence-corrected chi connectivity index (χ2v) is 8.72. The summed E-state index contributed by atoms with van der Waals surface area (Å²) in [6, 6.07) is 17.7. The van der Waals surface area contributed by atoms with Crippen LogP contribution in [-0.2, 0) is 24.2 Å². The molecule has 2 atom stereocenters. The molecule has 1 aromatic heterocycles. The molecule has 2 heterocycles. The van der Waals surface area contributed by atoms with Crippen LogP contribution in [0.15, 0.2) is 60.8 Å². The molecule has 1 aliphatic rings. The van der Waals surface area contributed by atoms with E-state index < -0.39 is 0 Å². The first-order chi connectivity index (χ1) is 16.0. The van der Waals surface area contributed by atoms with E-state index in [0.717, 1.165) is 49.4 Å². The molecular formula is C26H31N5O2. The number of rotatable bonds is 8. The van der Waals surface area contributed by atoms with Crippen molar-refractivity contribution in [3.63, 3.8) is 0 Å².